The molecule has 4 aromatic rings. The molecule has 2 heterocycles. The van der Waals surface area contributed by atoms with E-state index in [4.69, 9.17) is 16.5 Å². The van der Waals surface area contributed by atoms with Crippen molar-refractivity contribution in [1.82, 2.24) is 20.2 Å². The number of hydrogen-bond acceptors (Lipinski definition) is 6. The number of hydrogen-bond donors (Lipinski definition) is 5. The molecule has 0 saturated carbocycles. The standard InChI is InChI=1S/C33H40N6O3/c1-20-15-24(40)16-21(2)25(20)18-26(35)33(42)39-19-23-10-4-3-9-22(23)17-30(39)32(41)38-29(13-7-8-14-34)31-36-27-11-5-6-12-28(27)37-31/h3-6,9-12,15-16,26,29-30,40H,7-8,13-14,17-19,34-35H2,1-2H3,(H,36,37)(H,38,41)/t26?,29-,30?/m0/s1. The van der Waals surface area contributed by atoms with Gasteiger partial charge in [-0.15, -0.1) is 0 Å². The van der Waals surface area contributed by atoms with Gasteiger partial charge < -0.3 is 31.8 Å². The molecule has 0 fully saturated rings. The zero-order valence-corrected chi connectivity index (χ0v) is 24.3. The summed E-state index contributed by atoms with van der Waals surface area (Å²) >= 11 is 0. The van der Waals surface area contributed by atoms with Gasteiger partial charge in [0.05, 0.1) is 23.1 Å². The number of para-hydroxylation sites is 2. The molecular weight excluding hydrogens is 528 g/mol. The number of rotatable bonds is 10. The van der Waals surface area contributed by atoms with E-state index in [1.165, 1.54) is 0 Å². The number of nitrogens with one attached hydrogen (secondary N) is 2. The molecule has 0 radical (unpaired) electrons. The van der Waals surface area contributed by atoms with Crippen LogP contribution in [0.2, 0.25) is 0 Å². The fourth-order valence-electron chi connectivity index (χ4n) is 5.98. The van der Waals surface area contributed by atoms with Gasteiger partial charge in [0, 0.05) is 13.0 Å². The van der Waals surface area contributed by atoms with E-state index in [-0.39, 0.29) is 23.6 Å². The zero-order chi connectivity index (χ0) is 29.8. The fraction of sp³-hybridized carbons (Fsp3) is 0.364. The van der Waals surface area contributed by atoms with Crippen molar-refractivity contribution < 1.29 is 14.7 Å². The number of carbonyl (C=O) groups is 2. The predicted octanol–water partition coefficient (Wildman–Crippen LogP) is 3.70. The molecule has 9 nitrogen and oxygen atoms in total. The van der Waals surface area contributed by atoms with E-state index >= 15 is 0 Å². The first-order chi connectivity index (χ1) is 20.2. The van der Waals surface area contributed by atoms with Crippen LogP contribution in [0, 0.1) is 13.8 Å². The van der Waals surface area contributed by atoms with Crippen molar-refractivity contribution in [3.63, 3.8) is 0 Å². The Bertz CT molecular complexity index is 1530. The van der Waals surface area contributed by atoms with E-state index in [1.807, 2.05) is 62.4 Å². The smallest absolute Gasteiger partial charge is 0.243 e. The number of nitrogens with zero attached hydrogens (tertiary/aromatic N) is 2. The molecule has 42 heavy (non-hydrogen) atoms. The van der Waals surface area contributed by atoms with Crippen LogP contribution in [0.1, 0.15) is 58.9 Å². The molecule has 5 rings (SSSR count). The second kappa shape index (κ2) is 12.8. The van der Waals surface area contributed by atoms with Crippen LogP contribution in [-0.4, -0.2) is 50.4 Å². The summed E-state index contributed by atoms with van der Waals surface area (Å²) in [5.41, 5.74) is 18.8. The number of benzene rings is 3. The maximum Gasteiger partial charge on any atom is 0.243 e. The van der Waals surface area contributed by atoms with E-state index in [9.17, 15) is 14.7 Å². The van der Waals surface area contributed by atoms with Crippen LogP contribution in [0.25, 0.3) is 11.0 Å². The van der Waals surface area contributed by atoms with E-state index in [2.05, 4.69) is 10.3 Å². The minimum atomic E-state index is -0.844. The van der Waals surface area contributed by atoms with Crippen molar-refractivity contribution >= 4 is 22.8 Å². The van der Waals surface area contributed by atoms with Gasteiger partial charge >= 0.3 is 0 Å². The highest BCUT2D eigenvalue weighted by Crippen LogP contribution is 2.28. The molecule has 9 heteroatoms. The number of imidazole rings is 1. The highest BCUT2D eigenvalue weighted by Gasteiger charge is 2.37. The molecule has 0 bridgehead atoms. The van der Waals surface area contributed by atoms with Gasteiger partial charge in [0.1, 0.15) is 17.6 Å². The first-order valence-corrected chi connectivity index (χ1v) is 14.6. The van der Waals surface area contributed by atoms with Crippen LogP contribution < -0.4 is 16.8 Å². The number of nitrogens with two attached hydrogens (primary N) is 2. The average Bonchev–Trinajstić information content (AvgIpc) is 3.41. The van der Waals surface area contributed by atoms with Crippen molar-refractivity contribution in [2.75, 3.05) is 6.54 Å². The van der Waals surface area contributed by atoms with Crippen molar-refractivity contribution in [2.24, 2.45) is 11.5 Å². The number of unbranched alkanes of at least 4 members (excludes halogenated alkanes) is 1. The van der Waals surface area contributed by atoms with Crippen molar-refractivity contribution in [1.29, 1.82) is 0 Å². The second-order valence-electron chi connectivity index (χ2n) is 11.3. The maximum atomic E-state index is 14.0. The summed E-state index contributed by atoms with van der Waals surface area (Å²) < 4.78 is 0. The van der Waals surface area contributed by atoms with Gasteiger partial charge in [-0.2, -0.15) is 0 Å². The molecule has 0 saturated heterocycles. The lowest BCUT2D eigenvalue weighted by atomic mass is 9.91. The lowest BCUT2D eigenvalue weighted by Crippen LogP contribution is -2.57. The number of aromatic nitrogens is 2. The van der Waals surface area contributed by atoms with Gasteiger partial charge in [0.25, 0.3) is 0 Å². The number of fused-ring (bicyclic) bond motifs is 2. The lowest BCUT2D eigenvalue weighted by molar-refractivity contribution is -0.143. The third-order valence-corrected chi connectivity index (χ3v) is 8.26. The number of phenols is 1. The molecule has 3 aromatic carbocycles. The predicted molar refractivity (Wildman–Crippen MR) is 164 cm³/mol. The van der Waals surface area contributed by atoms with Crippen molar-refractivity contribution in [3.8, 4) is 5.75 Å². The normalized spacial score (nSPS) is 16.2. The number of carbonyl (C=O) groups excluding carboxylic acids is 2. The summed E-state index contributed by atoms with van der Waals surface area (Å²) in [6.07, 6.45) is 3.03. The Morgan fingerprint density at radius 3 is 2.48 bits per heavy atom. The van der Waals surface area contributed by atoms with E-state index in [1.54, 1.807) is 17.0 Å². The van der Waals surface area contributed by atoms with Gasteiger partial charge in [-0.05, 0) is 98.2 Å². The quantitative estimate of drug-likeness (QED) is 0.184. The fourth-order valence-corrected chi connectivity index (χ4v) is 5.98. The summed E-state index contributed by atoms with van der Waals surface area (Å²) in [7, 11) is 0. The zero-order valence-electron chi connectivity index (χ0n) is 24.3. The van der Waals surface area contributed by atoms with E-state index < -0.39 is 12.1 Å². The Labute approximate surface area is 246 Å². The highest BCUT2D eigenvalue weighted by molar-refractivity contribution is 5.91. The van der Waals surface area contributed by atoms with Crippen molar-refractivity contribution in [2.45, 2.75) is 70.6 Å². The summed E-state index contributed by atoms with van der Waals surface area (Å²) in [4.78, 5) is 37.7. The molecule has 1 aliphatic heterocycles. The van der Waals surface area contributed by atoms with Gasteiger partial charge in [-0.3, -0.25) is 9.59 Å². The van der Waals surface area contributed by atoms with Crippen LogP contribution in [-0.2, 0) is 29.0 Å². The highest BCUT2D eigenvalue weighted by atomic mass is 16.3. The molecule has 0 spiro atoms. The van der Waals surface area contributed by atoms with Crippen LogP contribution in [0.15, 0.2) is 60.7 Å². The minimum Gasteiger partial charge on any atom is -0.508 e. The Balaban J connectivity index is 1.41. The molecule has 3 atom stereocenters. The Morgan fingerprint density at radius 1 is 1.07 bits per heavy atom. The third kappa shape index (κ3) is 6.32. The largest absolute Gasteiger partial charge is 0.508 e. The maximum absolute atomic E-state index is 14.0. The number of aryl methyl sites for hydroxylation is 2. The molecular formula is C33H40N6O3. The number of H-pyrrole nitrogens is 1. The lowest BCUT2D eigenvalue weighted by Gasteiger charge is -2.38. The number of amides is 2. The summed E-state index contributed by atoms with van der Waals surface area (Å²) in [5, 5.41) is 13.2. The molecule has 7 N–H and O–H groups in total. The molecule has 2 unspecified atom stereocenters. The van der Waals surface area contributed by atoms with Crippen LogP contribution in [0.3, 0.4) is 0 Å². The number of aromatic amines is 1. The van der Waals surface area contributed by atoms with Gasteiger partial charge in [0.2, 0.25) is 11.8 Å². The van der Waals surface area contributed by atoms with Gasteiger partial charge in [0.15, 0.2) is 0 Å². The molecule has 220 valence electrons. The van der Waals surface area contributed by atoms with Crippen molar-refractivity contribution in [3.05, 3.63) is 94.3 Å². The molecule has 1 aromatic heterocycles. The Hall–Kier alpha value is -4.21. The summed E-state index contributed by atoms with van der Waals surface area (Å²) in [5.74, 6) is 0.356. The van der Waals surface area contributed by atoms with E-state index in [0.717, 1.165) is 51.7 Å². The van der Waals surface area contributed by atoms with Gasteiger partial charge in [-0.25, -0.2) is 4.98 Å². The average molecular weight is 569 g/mol. The second-order valence-corrected chi connectivity index (χ2v) is 11.3. The molecule has 2 amide bonds. The number of aromatic hydroxyl groups is 1. The van der Waals surface area contributed by atoms with E-state index in [0.29, 0.717) is 38.2 Å². The summed E-state index contributed by atoms with van der Waals surface area (Å²) in [6.45, 7) is 4.67. The SMILES string of the molecule is Cc1cc(O)cc(C)c1CC(N)C(=O)N1Cc2ccccc2CC1C(=O)N[C@@H](CCCCN)c1nc2ccccc2[nH]1. The topological polar surface area (TPSA) is 150 Å². The third-order valence-electron chi connectivity index (χ3n) is 8.26. The number of phenolic OH excluding ortho intramolecular Hbond substituents is 1. The van der Waals surface area contributed by atoms with Crippen LogP contribution in [0.5, 0.6) is 5.75 Å². The van der Waals surface area contributed by atoms with Crippen LogP contribution in [0.4, 0.5) is 0 Å². The first-order valence-electron chi connectivity index (χ1n) is 14.6. The Morgan fingerprint density at radius 2 is 1.76 bits per heavy atom. The summed E-state index contributed by atoms with van der Waals surface area (Å²) in [6, 6.07) is 17.1. The monoisotopic (exact) mass is 568 g/mol. The first kappa shape index (κ1) is 29.3. The molecule has 0 aliphatic carbocycles. The minimum absolute atomic E-state index is 0.184. The van der Waals surface area contributed by atoms with Gasteiger partial charge in [-0.1, -0.05) is 36.4 Å². The molecule has 1 aliphatic rings. The van der Waals surface area contributed by atoms with Crippen LogP contribution >= 0.6 is 0 Å². The Kier molecular flexibility index (Phi) is 8.89.